The lowest BCUT2D eigenvalue weighted by atomic mass is 9.79. The average Bonchev–Trinajstić information content (AvgIpc) is 3.00. The Bertz CT molecular complexity index is 706. The van der Waals surface area contributed by atoms with Gasteiger partial charge in [-0.2, -0.15) is 0 Å². The molecule has 1 aromatic rings. The Morgan fingerprint density at radius 2 is 1.92 bits per heavy atom. The number of ether oxygens (including phenoxy) is 1. The first-order valence-electron chi connectivity index (χ1n) is 9.18. The number of piperidine rings is 1. The van der Waals surface area contributed by atoms with Crippen LogP contribution in [-0.2, 0) is 11.4 Å². The predicted molar refractivity (Wildman–Crippen MR) is 99.5 cm³/mol. The van der Waals surface area contributed by atoms with Gasteiger partial charge in [0.25, 0.3) is 0 Å². The molecule has 1 amide bonds. The number of carboxylic acid groups (broad SMARTS) is 1. The molecule has 0 aromatic heterocycles. The van der Waals surface area contributed by atoms with E-state index in [0.29, 0.717) is 12.8 Å². The Hall–Kier alpha value is -1.44. The van der Waals surface area contributed by atoms with Gasteiger partial charge in [-0.05, 0) is 39.7 Å². The molecule has 0 radical (unpaired) electrons. The fourth-order valence-corrected chi connectivity index (χ4v) is 5.61. The van der Waals surface area contributed by atoms with E-state index < -0.39 is 23.1 Å². The predicted octanol–water partition coefficient (Wildman–Crippen LogP) is 3.22. The van der Waals surface area contributed by atoms with Crippen LogP contribution in [0, 0.1) is 0 Å². The van der Waals surface area contributed by atoms with E-state index >= 15 is 0 Å². The fourth-order valence-electron chi connectivity index (χ4n) is 4.70. The molecule has 2 bridgehead atoms. The van der Waals surface area contributed by atoms with E-state index in [4.69, 9.17) is 4.74 Å². The van der Waals surface area contributed by atoms with Gasteiger partial charge in [0, 0.05) is 41.9 Å². The summed E-state index contributed by atoms with van der Waals surface area (Å²) in [5.41, 5.74) is 0.482. The molecule has 2 saturated heterocycles. The van der Waals surface area contributed by atoms with E-state index in [0.717, 1.165) is 24.2 Å². The molecule has 2 N–H and O–H groups in total. The van der Waals surface area contributed by atoms with Crippen molar-refractivity contribution in [2.45, 2.75) is 74.9 Å². The fraction of sp³-hybridized carbons (Fsp3) is 0.632. The SMILES string of the molecule is CC(C)(C)[S@@+]([O-])N[C@@H]1c2ccccc2O[C@@]12C[C@H]1CC[C@@H](C2)N1C(=O)O. The molecule has 2 fully saturated rings. The van der Waals surface area contributed by atoms with Gasteiger partial charge >= 0.3 is 6.09 Å². The number of rotatable bonds is 2. The van der Waals surface area contributed by atoms with E-state index in [1.165, 1.54) is 0 Å². The third-order valence-corrected chi connectivity index (χ3v) is 7.42. The number of hydrogen-bond acceptors (Lipinski definition) is 4. The summed E-state index contributed by atoms with van der Waals surface area (Å²) in [7, 11) is 0. The molecule has 3 aliphatic heterocycles. The highest BCUT2D eigenvalue weighted by molar-refractivity contribution is 7.90. The van der Waals surface area contributed by atoms with Crippen LogP contribution in [0.4, 0.5) is 4.79 Å². The Morgan fingerprint density at radius 1 is 1.31 bits per heavy atom. The highest BCUT2D eigenvalue weighted by Crippen LogP contribution is 2.54. The van der Waals surface area contributed by atoms with Gasteiger partial charge in [-0.1, -0.05) is 18.2 Å². The Labute approximate surface area is 157 Å². The molecule has 0 saturated carbocycles. The number of carbonyl (C=O) groups is 1. The molecule has 3 aliphatic rings. The highest BCUT2D eigenvalue weighted by Gasteiger charge is 2.59. The van der Waals surface area contributed by atoms with E-state index in [1.807, 2.05) is 45.0 Å². The molecule has 7 heteroatoms. The van der Waals surface area contributed by atoms with Crippen molar-refractivity contribution in [1.82, 2.24) is 9.62 Å². The van der Waals surface area contributed by atoms with Crippen LogP contribution in [0.25, 0.3) is 0 Å². The molecule has 6 nitrogen and oxygen atoms in total. The summed E-state index contributed by atoms with van der Waals surface area (Å²) in [5, 5.41) is 9.56. The minimum atomic E-state index is -1.24. The first-order chi connectivity index (χ1) is 12.2. The monoisotopic (exact) mass is 378 g/mol. The molecule has 1 aromatic carbocycles. The zero-order valence-corrected chi connectivity index (χ0v) is 16.2. The summed E-state index contributed by atoms with van der Waals surface area (Å²) in [6, 6.07) is 7.61. The molecule has 26 heavy (non-hydrogen) atoms. The van der Waals surface area contributed by atoms with Crippen molar-refractivity contribution < 1.29 is 19.2 Å². The number of fused-ring (bicyclic) bond motifs is 3. The zero-order chi connectivity index (χ0) is 18.7. The van der Waals surface area contributed by atoms with Gasteiger partial charge in [-0.3, -0.25) is 0 Å². The van der Waals surface area contributed by atoms with Crippen LogP contribution in [-0.4, -0.2) is 43.1 Å². The number of amides is 1. The molecule has 4 rings (SSSR count). The topological polar surface area (TPSA) is 84.9 Å². The van der Waals surface area contributed by atoms with Crippen molar-refractivity contribution >= 4 is 17.5 Å². The quantitative estimate of drug-likeness (QED) is 0.772. The summed E-state index contributed by atoms with van der Waals surface area (Å²) in [6.07, 6.45) is 2.15. The molecule has 0 unspecified atom stereocenters. The van der Waals surface area contributed by atoms with E-state index in [2.05, 4.69) is 4.72 Å². The molecular weight excluding hydrogens is 352 g/mol. The van der Waals surface area contributed by atoms with Gasteiger partial charge in [0.1, 0.15) is 22.1 Å². The highest BCUT2D eigenvalue weighted by atomic mass is 32.2. The minimum absolute atomic E-state index is 0.0343. The van der Waals surface area contributed by atoms with Crippen molar-refractivity contribution in [3.8, 4) is 5.75 Å². The lowest BCUT2D eigenvalue weighted by Gasteiger charge is -2.45. The van der Waals surface area contributed by atoms with Gasteiger partial charge in [0.2, 0.25) is 0 Å². The number of para-hydroxylation sites is 1. The maximum atomic E-state index is 12.8. The first-order valence-corrected chi connectivity index (χ1v) is 10.3. The van der Waals surface area contributed by atoms with Gasteiger partial charge < -0.3 is 19.3 Å². The van der Waals surface area contributed by atoms with Crippen LogP contribution in [0.2, 0.25) is 0 Å². The molecular formula is C19H26N2O4S. The maximum absolute atomic E-state index is 12.8. The lowest BCUT2D eigenvalue weighted by molar-refractivity contribution is -0.0292. The third kappa shape index (κ3) is 2.77. The second kappa shape index (κ2) is 6.04. The summed E-state index contributed by atoms with van der Waals surface area (Å²) in [4.78, 5) is 13.3. The van der Waals surface area contributed by atoms with Crippen LogP contribution in [0.3, 0.4) is 0 Å². The van der Waals surface area contributed by atoms with Crippen molar-refractivity contribution in [2.24, 2.45) is 0 Å². The van der Waals surface area contributed by atoms with Gasteiger partial charge in [-0.25, -0.2) is 4.79 Å². The maximum Gasteiger partial charge on any atom is 0.407 e. The number of nitrogens with one attached hydrogen (secondary N) is 1. The normalized spacial score (nSPS) is 33.8. The Balaban J connectivity index is 1.68. The lowest BCUT2D eigenvalue weighted by Crippen LogP contribution is -2.59. The van der Waals surface area contributed by atoms with Crippen molar-refractivity contribution in [1.29, 1.82) is 0 Å². The Kier molecular flexibility index (Phi) is 4.17. The summed E-state index contributed by atoms with van der Waals surface area (Å²) in [6.45, 7) is 5.84. The average molecular weight is 378 g/mol. The van der Waals surface area contributed by atoms with Crippen LogP contribution >= 0.6 is 0 Å². The van der Waals surface area contributed by atoms with Crippen molar-refractivity contribution in [3.63, 3.8) is 0 Å². The van der Waals surface area contributed by atoms with Gasteiger partial charge in [-0.15, -0.1) is 4.72 Å². The van der Waals surface area contributed by atoms with Crippen LogP contribution < -0.4 is 9.46 Å². The van der Waals surface area contributed by atoms with Crippen LogP contribution in [0.5, 0.6) is 5.75 Å². The first kappa shape index (κ1) is 17.9. The van der Waals surface area contributed by atoms with E-state index in [9.17, 15) is 14.5 Å². The third-order valence-electron chi connectivity index (χ3n) is 5.85. The number of hydrogen-bond donors (Lipinski definition) is 2. The van der Waals surface area contributed by atoms with Gasteiger partial charge in [0.15, 0.2) is 0 Å². The van der Waals surface area contributed by atoms with Crippen molar-refractivity contribution in [2.75, 3.05) is 0 Å². The summed E-state index contributed by atoms with van der Waals surface area (Å²) >= 11 is -1.24. The number of benzene rings is 1. The number of nitrogens with zero attached hydrogens (tertiary/aromatic N) is 1. The summed E-state index contributed by atoms with van der Waals surface area (Å²) < 4.78 is 22.2. The molecule has 5 atom stereocenters. The molecule has 1 spiro atoms. The smallest absolute Gasteiger partial charge is 0.407 e. The van der Waals surface area contributed by atoms with E-state index in [1.54, 1.807) is 4.90 Å². The molecule has 142 valence electrons. The van der Waals surface area contributed by atoms with Crippen LogP contribution in [0.15, 0.2) is 24.3 Å². The van der Waals surface area contributed by atoms with Crippen molar-refractivity contribution in [3.05, 3.63) is 29.8 Å². The van der Waals surface area contributed by atoms with Crippen LogP contribution in [0.1, 0.15) is 58.1 Å². The molecule has 3 heterocycles. The molecule has 0 aliphatic carbocycles. The van der Waals surface area contributed by atoms with E-state index in [-0.39, 0.29) is 22.9 Å². The summed E-state index contributed by atoms with van der Waals surface area (Å²) in [5.74, 6) is 0.819. The zero-order valence-electron chi connectivity index (χ0n) is 15.4. The minimum Gasteiger partial charge on any atom is -0.598 e. The second-order valence-electron chi connectivity index (χ2n) is 8.62. The Morgan fingerprint density at radius 3 is 2.50 bits per heavy atom. The second-order valence-corrected chi connectivity index (χ2v) is 10.6. The standard InChI is InChI=1S/C19H26N2O4S/c1-18(2,3)26(24)20-16-14-6-4-5-7-15(14)25-19(16)10-12-8-9-13(11-19)21(12)17(22)23/h4-7,12-13,16,20H,8-11H2,1-3H3,(H,22,23)/t12-,13+,16-,19-,26-/m1/s1. The van der Waals surface area contributed by atoms with Gasteiger partial charge in [0.05, 0.1) is 0 Å². The largest absolute Gasteiger partial charge is 0.598 e.